The zero-order valence-corrected chi connectivity index (χ0v) is 11.7. The Balaban J connectivity index is 1.90. The van der Waals surface area contributed by atoms with Gasteiger partial charge in [0.05, 0.1) is 0 Å². The number of carbonyl (C=O) groups excluding carboxylic acids is 1. The molecular weight excluding hydrogens is 271 g/mol. The topological polar surface area (TPSA) is 64.3 Å². The molecular formula is C16H17FN2O2. The van der Waals surface area contributed by atoms with Gasteiger partial charge in [0.2, 0.25) is 0 Å². The van der Waals surface area contributed by atoms with Crippen LogP contribution in [0.25, 0.3) is 0 Å². The number of carbonyl (C=O) groups is 1. The Labute approximate surface area is 122 Å². The van der Waals surface area contributed by atoms with Crippen molar-refractivity contribution in [1.82, 2.24) is 0 Å². The van der Waals surface area contributed by atoms with E-state index in [1.807, 2.05) is 25.1 Å². The monoisotopic (exact) mass is 288 g/mol. The van der Waals surface area contributed by atoms with E-state index in [0.717, 1.165) is 5.56 Å². The molecule has 2 rings (SSSR count). The first-order chi connectivity index (χ1) is 10.1. The lowest BCUT2D eigenvalue weighted by Crippen LogP contribution is -2.20. The molecule has 0 aliphatic heterocycles. The van der Waals surface area contributed by atoms with Crippen molar-refractivity contribution in [3.05, 3.63) is 59.4 Å². The summed E-state index contributed by atoms with van der Waals surface area (Å²) in [5.41, 5.74) is 7.54. The Morgan fingerprint density at radius 3 is 2.76 bits per heavy atom. The third-order valence-corrected chi connectivity index (χ3v) is 2.92. The van der Waals surface area contributed by atoms with Crippen molar-refractivity contribution < 1.29 is 13.9 Å². The van der Waals surface area contributed by atoms with Crippen molar-refractivity contribution in [3.63, 3.8) is 0 Å². The molecule has 1 amide bonds. The molecule has 0 heterocycles. The fourth-order valence-electron chi connectivity index (χ4n) is 1.85. The van der Waals surface area contributed by atoms with Crippen LogP contribution in [0.15, 0.2) is 42.5 Å². The van der Waals surface area contributed by atoms with E-state index < -0.39 is 5.82 Å². The van der Waals surface area contributed by atoms with Crippen LogP contribution in [0.4, 0.5) is 10.1 Å². The maximum Gasteiger partial charge on any atom is 0.262 e. The van der Waals surface area contributed by atoms with Crippen molar-refractivity contribution in [2.75, 3.05) is 11.9 Å². The quantitative estimate of drug-likeness (QED) is 0.889. The minimum atomic E-state index is -0.436. The third kappa shape index (κ3) is 4.29. The van der Waals surface area contributed by atoms with Crippen molar-refractivity contribution >= 4 is 11.6 Å². The third-order valence-electron chi connectivity index (χ3n) is 2.92. The van der Waals surface area contributed by atoms with Crippen LogP contribution >= 0.6 is 0 Å². The summed E-state index contributed by atoms with van der Waals surface area (Å²) in [6.07, 6.45) is 0. The summed E-state index contributed by atoms with van der Waals surface area (Å²) >= 11 is 0. The Kier molecular flexibility index (Phi) is 4.90. The maximum absolute atomic E-state index is 13.5. The minimum absolute atomic E-state index is 0.125. The van der Waals surface area contributed by atoms with Crippen LogP contribution in [0.2, 0.25) is 0 Å². The average Bonchev–Trinajstić information content (AvgIpc) is 2.45. The van der Waals surface area contributed by atoms with E-state index in [1.54, 1.807) is 18.2 Å². The number of rotatable bonds is 5. The van der Waals surface area contributed by atoms with E-state index in [4.69, 9.17) is 10.5 Å². The number of amides is 1. The largest absolute Gasteiger partial charge is 0.484 e. The molecule has 0 saturated heterocycles. The van der Waals surface area contributed by atoms with Crippen LogP contribution in [0, 0.1) is 12.7 Å². The Bertz CT molecular complexity index is 644. The fourth-order valence-corrected chi connectivity index (χ4v) is 1.85. The van der Waals surface area contributed by atoms with Gasteiger partial charge in [0.15, 0.2) is 6.61 Å². The normalized spacial score (nSPS) is 10.2. The predicted octanol–water partition coefficient (Wildman–Crippen LogP) is 2.61. The number of nitrogens with one attached hydrogen (secondary N) is 1. The summed E-state index contributed by atoms with van der Waals surface area (Å²) in [6.45, 7) is 1.88. The average molecular weight is 288 g/mol. The van der Waals surface area contributed by atoms with Crippen molar-refractivity contribution in [3.8, 4) is 5.75 Å². The molecule has 21 heavy (non-hydrogen) atoms. The molecule has 0 spiro atoms. The van der Waals surface area contributed by atoms with Gasteiger partial charge in [-0.3, -0.25) is 4.79 Å². The molecule has 0 aliphatic carbocycles. The van der Waals surface area contributed by atoms with Gasteiger partial charge in [0.25, 0.3) is 5.91 Å². The number of hydrogen-bond donors (Lipinski definition) is 2. The number of hydrogen-bond acceptors (Lipinski definition) is 3. The summed E-state index contributed by atoms with van der Waals surface area (Å²) in [6, 6.07) is 11.8. The van der Waals surface area contributed by atoms with Gasteiger partial charge in [-0.05, 0) is 30.7 Å². The molecule has 0 unspecified atom stereocenters. The van der Waals surface area contributed by atoms with Crippen LogP contribution in [0.5, 0.6) is 5.75 Å². The van der Waals surface area contributed by atoms with Crippen LogP contribution < -0.4 is 15.8 Å². The number of aryl methyl sites for hydroxylation is 1. The molecule has 0 aliphatic rings. The fraction of sp³-hybridized carbons (Fsp3) is 0.188. The molecule has 0 fully saturated rings. The summed E-state index contributed by atoms with van der Waals surface area (Å²) in [4.78, 5) is 11.8. The molecule has 4 nitrogen and oxygen atoms in total. The number of anilines is 1. The van der Waals surface area contributed by atoms with Crippen LogP contribution in [0.1, 0.15) is 11.1 Å². The lowest BCUT2D eigenvalue weighted by molar-refractivity contribution is -0.118. The Morgan fingerprint density at radius 2 is 2.10 bits per heavy atom. The van der Waals surface area contributed by atoms with Crippen molar-refractivity contribution in [2.24, 2.45) is 5.73 Å². The van der Waals surface area contributed by atoms with Gasteiger partial charge in [-0.25, -0.2) is 4.39 Å². The van der Waals surface area contributed by atoms with Crippen molar-refractivity contribution in [2.45, 2.75) is 13.5 Å². The second-order valence-electron chi connectivity index (χ2n) is 4.66. The zero-order chi connectivity index (χ0) is 15.2. The smallest absolute Gasteiger partial charge is 0.262 e. The van der Waals surface area contributed by atoms with E-state index in [-0.39, 0.29) is 19.1 Å². The molecule has 3 N–H and O–H groups in total. The molecule has 0 aromatic heterocycles. The van der Waals surface area contributed by atoms with E-state index in [2.05, 4.69) is 5.32 Å². The molecule has 5 heteroatoms. The summed E-state index contributed by atoms with van der Waals surface area (Å²) in [7, 11) is 0. The second-order valence-corrected chi connectivity index (χ2v) is 4.66. The van der Waals surface area contributed by atoms with E-state index in [1.165, 1.54) is 6.07 Å². The van der Waals surface area contributed by atoms with Crippen molar-refractivity contribution in [1.29, 1.82) is 0 Å². The highest BCUT2D eigenvalue weighted by molar-refractivity contribution is 5.91. The Hall–Kier alpha value is -2.40. The molecule has 110 valence electrons. The number of ether oxygens (including phenoxy) is 1. The lowest BCUT2D eigenvalue weighted by atomic mass is 10.2. The first-order valence-electron chi connectivity index (χ1n) is 6.56. The molecule has 0 atom stereocenters. The molecule has 0 bridgehead atoms. The highest BCUT2D eigenvalue weighted by Gasteiger charge is 2.06. The van der Waals surface area contributed by atoms with Gasteiger partial charge in [0.1, 0.15) is 11.6 Å². The van der Waals surface area contributed by atoms with Gasteiger partial charge in [0, 0.05) is 23.9 Å². The zero-order valence-electron chi connectivity index (χ0n) is 11.7. The minimum Gasteiger partial charge on any atom is -0.484 e. The summed E-state index contributed by atoms with van der Waals surface area (Å²) in [5.74, 6) is -0.443. The number of nitrogens with two attached hydrogens (primary N) is 1. The van der Waals surface area contributed by atoms with Gasteiger partial charge >= 0.3 is 0 Å². The second kappa shape index (κ2) is 6.85. The molecule has 2 aromatic carbocycles. The maximum atomic E-state index is 13.5. The molecule has 0 radical (unpaired) electrons. The van der Waals surface area contributed by atoms with E-state index >= 15 is 0 Å². The van der Waals surface area contributed by atoms with Crippen LogP contribution in [0.3, 0.4) is 0 Å². The summed E-state index contributed by atoms with van der Waals surface area (Å²) in [5, 5.41) is 2.71. The first kappa shape index (κ1) is 15.0. The van der Waals surface area contributed by atoms with Crippen LogP contribution in [-0.2, 0) is 11.3 Å². The van der Waals surface area contributed by atoms with Gasteiger partial charge < -0.3 is 15.8 Å². The van der Waals surface area contributed by atoms with E-state index in [0.29, 0.717) is 17.0 Å². The predicted molar refractivity (Wildman–Crippen MR) is 79.6 cm³/mol. The number of benzene rings is 2. The lowest BCUT2D eigenvalue weighted by Gasteiger charge is -2.09. The molecule has 0 saturated carbocycles. The first-order valence-corrected chi connectivity index (χ1v) is 6.56. The van der Waals surface area contributed by atoms with Gasteiger partial charge in [-0.15, -0.1) is 0 Å². The molecule has 2 aromatic rings. The van der Waals surface area contributed by atoms with E-state index in [9.17, 15) is 9.18 Å². The van der Waals surface area contributed by atoms with Crippen LogP contribution in [-0.4, -0.2) is 12.5 Å². The Morgan fingerprint density at radius 1 is 1.29 bits per heavy atom. The standard InChI is InChI=1S/C16H17FN2O2/c1-11-3-2-4-13(7-11)19-16(20)10-21-14-6-5-12(9-18)15(17)8-14/h2-8H,9-10,18H2,1H3,(H,19,20). The number of halogens is 1. The summed E-state index contributed by atoms with van der Waals surface area (Å²) < 4.78 is 18.8. The van der Waals surface area contributed by atoms with Gasteiger partial charge in [-0.2, -0.15) is 0 Å². The highest BCUT2D eigenvalue weighted by Crippen LogP contribution is 2.16. The highest BCUT2D eigenvalue weighted by atomic mass is 19.1. The van der Waals surface area contributed by atoms with Gasteiger partial charge in [-0.1, -0.05) is 18.2 Å². The SMILES string of the molecule is Cc1cccc(NC(=O)COc2ccc(CN)c(F)c2)c1.